The highest BCUT2D eigenvalue weighted by Crippen LogP contribution is 2.27. The van der Waals surface area contributed by atoms with Gasteiger partial charge in [0.2, 0.25) is 5.91 Å². The van der Waals surface area contributed by atoms with E-state index in [9.17, 15) is 9.18 Å². The molecule has 0 aliphatic carbocycles. The monoisotopic (exact) mass is 329 g/mol. The molecule has 1 N–H and O–H groups in total. The number of ether oxygens (including phenoxy) is 2. The summed E-state index contributed by atoms with van der Waals surface area (Å²) < 4.78 is 24.0. The molecule has 0 saturated heterocycles. The molecule has 0 spiro atoms. The molecule has 5 heteroatoms. The Morgan fingerprint density at radius 1 is 1.12 bits per heavy atom. The molecule has 1 amide bonds. The van der Waals surface area contributed by atoms with Crippen LogP contribution in [0.15, 0.2) is 48.0 Å². The second kappa shape index (κ2) is 8.15. The van der Waals surface area contributed by atoms with E-state index in [4.69, 9.17) is 9.47 Å². The van der Waals surface area contributed by atoms with Gasteiger partial charge in [-0.05, 0) is 36.8 Å². The zero-order valence-electron chi connectivity index (χ0n) is 13.9. The SMILES string of the molecule is COc1ccc(CNC(=O)/C(C)=C/c2ccccc2F)cc1OC. The molecule has 0 aliphatic heterocycles. The molecule has 2 rings (SSSR count). The lowest BCUT2D eigenvalue weighted by atomic mass is 10.1. The van der Waals surface area contributed by atoms with Crippen molar-refractivity contribution < 1.29 is 18.7 Å². The van der Waals surface area contributed by atoms with Crippen LogP contribution in [0.5, 0.6) is 11.5 Å². The summed E-state index contributed by atoms with van der Waals surface area (Å²) in [6.07, 6.45) is 1.53. The molecule has 0 bridgehead atoms. The van der Waals surface area contributed by atoms with Crippen molar-refractivity contribution in [3.8, 4) is 11.5 Å². The molecule has 0 fully saturated rings. The van der Waals surface area contributed by atoms with Crippen molar-refractivity contribution in [2.45, 2.75) is 13.5 Å². The van der Waals surface area contributed by atoms with Gasteiger partial charge in [0.05, 0.1) is 14.2 Å². The Labute approximate surface area is 140 Å². The fraction of sp³-hybridized carbons (Fsp3) is 0.211. The van der Waals surface area contributed by atoms with Crippen molar-refractivity contribution in [2.24, 2.45) is 0 Å². The average molecular weight is 329 g/mol. The second-order valence-electron chi connectivity index (χ2n) is 5.22. The first kappa shape index (κ1) is 17.5. The zero-order valence-corrected chi connectivity index (χ0v) is 13.9. The molecule has 126 valence electrons. The third-order valence-corrected chi connectivity index (χ3v) is 3.54. The highest BCUT2D eigenvalue weighted by Gasteiger charge is 2.08. The Morgan fingerprint density at radius 3 is 2.50 bits per heavy atom. The fourth-order valence-corrected chi connectivity index (χ4v) is 2.20. The van der Waals surface area contributed by atoms with Gasteiger partial charge < -0.3 is 14.8 Å². The Morgan fingerprint density at radius 2 is 1.83 bits per heavy atom. The van der Waals surface area contributed by atoms with Crippen molar-refractivity contribution in [3.05, 3.63) is 65.0 Å². The first-order chi connectivity index (χ1) is 11.5. The number of hydrogen-bond acceptors (Lipinski definition) is 3. The Kier molecular flexibility index (Phi) is 5.95. The van der Waals surface area contributed by atoms with Gasteiger partial charge in [-0.2, -0.15) is 0 Å². The average Bonchev–Trinajstić information content (AvgIpc) is 2.61. The molecular formula is C19H20FNO3. The van der Waals surface area contributed by atoms with E-state index < -0.39 is 0 Å². The Bertz CT molecular complexity index is 756. The first-order valence-electron chi connectivity index (χ1n) is 7.47. The number of methoxy groups -OCH3 is 2. The van der Waals surface area contributed by atoms with Crippen LogP contribution >= 0.6 is 0 Å². The van der Waals surface area contributed by atoms with Crippen molar-refractivity contribution in [1.82, 2.24) is 5.32 Å². The van der Waals surface area contributed by atoms with Gasteiger partial charge in [0, 0.05) is 17.7 Å². The maximum absolute atomic E-state index is 13.6. The summed E-state index contributed by atoms with van der Waals surface area (Å²) in [6, 6.07) is 11.7. The minimum Gasteiger partial charge on any atom is -0.493 e. The lowest BCUT2D eigenvalue weighted by molar-refractivity contribution is -0.117. The number of hydrogen-bond donors (Lipinski definition) is 1. The molecule has 0 saturated carbocycles. The smallest absolute Gasteiger partial charge is 0.247 e. The van der Waals surface area contributed by atoms with E-state index in [1.54, 1.807) is 51.5 Å². The molecule has 24 heavy (non-hydrogen) atoms. The van der Waals surface area contributed by atoms with Crippen LogP contribution < -0.4 is 14.8 Å². The number of halogens is 1. The molecule has 0 atom stereocenters. The molecule has 4 nitrogen and oxygen atoms in total. The maximum atomic E-state index is 13.6. The summed E-state index contributed by atoms with van der Waals surface area (Å²) in [4.78, 5) is 12.2. The van der Waals surface area contributed by atoms with Gasteiger partial charge >= 0.3 is 0 Å². The van der Waals surface area contributed by atoms with Crippen molar-refractivity contribution >= 4 is 12.0 Å². The van der Waals surface area contributed by atoms with Crippen LogP contribution in [0.4, 0.5) is 4.39 Å². The number of amides is 1. The number of rotatable bonds is 6. The number of carbonyl (C=O) groups is 1. The normalized spacial score (nSPS) is 11.1. The number of carbonyl (C=O) groups excluding carboxylic acids is 1. The van der Waals surface area contributed by atoms with E-state index in [2.05, 4.69) is 5.32 Å². The largest absolute Gasteiger partial charge is 0.493 e. The van der Waals surface area contributed by atoms with Gasteiger partial charge in [0.1, 0.15) is 5.82 Å². The van der Waals surface area contributed by atoms with Crippen molar-refractivity contribution in [1.29, 1.82) is 0 Å². The van der Waals surface area contributed by atoms with Gasteiger partial charge in [-0.1, -0.05) is 24.3 Å². The van der Waals surface area contributed by atoms with E-state index in [0.29, 0.717) is 29.2 Å². The fourth-order valence-electron chi connectivity index (χ4n) is 2.20. The van der Waals surface area contributed by atoms with Crippen molar-refractivity contribution in [2.75, 3.05) is 14.2 Å². The maximum Gasteiger partial charge on any atom is 0.247 e. The zero-order chi connectivity index (χ0) is 17.5. The molecule has 0 aromatic heterocycles. The van der Waals surface area contributed by atoms with Crippen molar-refractivity contribution in [3.63, 3.8) is 0 Å². The van der Waals surface area contributed by atoms with E-state index in [-0.39, 0.29) is 11.7 Å². The predicted molar refractivity (Wildman–Crippen MR) is 91.4 cm³/mol. The Hall–Kier alpha value is -2.82. The van der Waals surface area contributed by atoms with Crippen LogP contribution in [-0.2, 0) is 11.3 Å². The van der Waals surface area contributed by atoms with Crippen LogP contribution in [0, 0.1) is 5.82 Å². The van der Waals surface area contributed by atoms with E-state index in [1.807, 2.05) is 6.07 Å². The van der Waals surface area contributed by atoms with Gasteiger partial charge in [-0.3, -0.25) is 4.79 Å². The van der Waals surface area contributed by atoms with Gasteiger partial charge in [-0.15, -0.1) is 0 Å². The molecule has 0 aliphatic rings. The molecule has 0 radical (unpaired) electrons. The molecular weight excluding hydrogens is 309 g/mol. The predicted octanol–water partition coefficient (Wildman–Crippen LogP) is 3.56. The molecule has 2 aromatic rings. The molecule has 0 heterocycles. The summed E-state index contributed by atoms with van der Waals surface area (Å²) in [5.41, 5.74) is 1.69. The van der Waals surface area contributed by atoms with Crippen LogP contribution in [0.1, 0.15) is 18.1 Å². The van der Waals surface area contributed by atoms with Crippen LogP contribution in [-0.4, -0.2) is 20.1 Å². The molecule has 0 unspecified atom stereocenters. The second-order valence-corrected chi connectivity index (χ2v) is 5.22. The quantitative estimate of drug-likeness (QED) is 0.824. The highest BCUT2D eigenvalue weighted by molar-refractivity contribution is 5.97. The topological polar surface area (TPSA) is 47.6 Å². The van der Waals surface area contributed by atoms with Gasteiger partial charge in [-0.25, -0.2) is 4.39 Å². The minimum absolute atomic E-state index is 0.256. The summed E-state index contributed by atoms with van der Waals surface area (Å²) in [5.74, 6) is 0.614. The lowest BCUT2D eigenvalue weighted by Crippen LogP contribution is -2.23. The van der Waals surface area contributed by atoms with E-state index >= 15 is 0 Å². The standard InChI is InChI=1S/C19H20FNO3/c1-13(10-15-6-4-5-7-16(15)20)19(22)21-12-14-8-9-17(23-2)18(11-14)24-3/h4-11H,12H2,1-3H3,(H,21,22)/b13-10+. The van der Waals surface area contributed by atoms with Crippen LogP contribution in [0.2, 0.25) is 0 Å². The summed E-state index contributed by atoms with van der Waals surface area (Å²) in [6.45, 7) is 1.98. The lowest BCUT2D eigenvalue weighted by Gasteiger charge is -2.10. The summed E-state index contributed by atoms with van der Waals surface area (Å²) in [7, 11) is 3.12. The number of nitrogens with one attached hydrogen (secondary N) is 1. The van der Waals surface area contributed by atoms with Gasteiger partial charge in [0.15, 0.2) is 11.5 Å². The first-order valence-corrected chi connectivity index (χ1v) is 7.47. The minimum atomic E-state index is -0.357. The third-order valence-electron chi connectivity index (χ3n) is 3.54. The van der Waals surface area contributed by atoms with E-state index in [0.717, 1.165) is 5.56 Å². The summed E-state index contributed by atoms with van der Waals surface area (Å²) >= 11 is 0. The van der Waals surface area contributed by atoms with E-state index in [1.165, 1.54) is 12.1 Å². The van der Waals surface area contributed by atoms with Crippen LogP contribution in [0.3, 0.4) is 0 Å². The Balaban J connectivity index is 2.04. The third kappa shape index (κ3) is 4.35. The summed E-state index contributed by atoms with van der Waals surface area (Å²) in [5, 5.41) is 2.80. The highest BCUT2D eigenvalue weighted by atomic mass is 19.1. The number of benzene rings is 2. The van der Waals surface area contributed by atoms with Crippen LogP contribution in [0.25, 0.3) is 6.08 Å². The van der Waals surface area contributed by atoms with Gasteiger partial charge in [0.25, 0.3) is 0 Å². The molecule has 2 aromatic carbocycles.